The molecule has 1 aromatic rings. The van der Waals surface area contributed by atoms with Crippen LogP contribution in [-0.2, 0) is 4.79 Å². The van der Waals surface area contributed by atoms with Crippen molar-refractivity contribution in [2.75, 3.05) is 51.2 Å². The summed E-state index contributed by atoms with van der Waals surface area (Å²) >= 11 is 0.868. The van der Waals surface area contributed by atoms with Gasteiger partial charge in [0.2, 0.25) is 5.91 Å². The third-order valence-corrected chi connectivity index (χ3v) is 4.97. The number of aryl methyl sites for hydroxylation is 2. The number of carbonyl (C=O) groups is 1. The molecule has 0 bridgehead atoms. The van der Waals surface area contributed by atoms with Gasteiger partial charge < -0.3 is 14.0 Å². The zero-order chi connectivity index (χ0) is 24.4. The fourth-order valence-electron chi connectivity index (χ4n) is 3.13. The smallest absolute Gasteiger partial charge is 0.236 e. The number of benzene rings is 1. The average molecular weight is 457 g/mol. The van der Waals surface area contributed by atoms with E-state index >= 15 is 0 Å². The Morgan fingerprint density at radius 3 is 2.03 bits per heavy atom. The fraction of sp³-hybridized carbons (Fsp3) is 0.708. The highest BCUT2D eigenvalue weighted by atomic mass is 32.2. The number of hydrogen-bond donors (Lipinski definition) is 1. The quantitative estimate of drug-likeness (QED) is 0.445. The van der Waals surface area contributed by atoms with Gasteiger partial charge in [-0.15, -0.1) is 0 Å². The number of rotatable bonds is 7. The Labute approximate surface area is 196 Å². The van der Waals surface area contributed by atoms with E-state index in [0.717, 1.165) is 62.8 Å². The minimum atomic E-state index is 0.213. The summed E-state index contributed by atoms with van der Waals surface area (Å²) in [5, 5.41) is 5.50. The van der Waals surface area contributed by atoms with E-state index in [1.165, 1.54) is 11.1 Å². The first-order valence-electron chi connectivity index (χ1n) is 11.8. The predicted octanol–water partition coefficient (Wildman–Crippen LogP) is 5.27. The minimum Gasteiger partial charge on any atom is -0.408 e. The highest BCUT2D eigenvalue weighted by Crippen LogP contribution is 2.33. The Balaban J connectivity index is 0. The van der Waals surface area contributed by atoms with Crippen molar-refractivity contribution in [2.24, 2.45) is 5.14 Å². The van der Waals surface area contributed by atoms with Crippen LogP contribution in [0.1, 0.15) is 66.0 Å². The summed E-state index contributed by atoms with van der Waals surface area (Å²) in [5.74, 6) is 1.00. The van der Waals surface area contributed by atoms with Gasteiger partial charge in [0.25, 0.3) is 0 Å². The molecule has 0 saturated carbocycles. The third-order valence-electron chi connectivity index (χ3n) is 4.70. The lowest BCUT2D eigenvalue weighted by Crippen LogP contribution is -2.51. The average Bonchev–Trinajstić information content (AvgIpc) is 2.80. The van der Waals surface area contributed by atoms with E-state index in [-0.39, 0.29) is 5.91 Å². The summed E-state index contributed by atoms with van der Waals surface area (Å²) in [4.78, 5) is 18.7. The molecule has 0 unspecified atom stereocenters. The Kier molecular flexibility index (Phi) is 19.7. The molecule has 0 aliphatic carbocycles. The fourth-order valence-corrected chi connectivity index (χ4v) is 3.37. The zero-order valence-corrected chi connectivity index (χ0v) is 22.6. The van der Waals surface area contributed by atoms with E-state index in [4.69, 9.17) is 9.32 Å². The topological polar surface area (TPSA) is 62.0 Å². The molecule has 1 heterocycles. The minimum absolute atomic E-state index is 0.213. The number of likely N-dealkylation sites (N-methyl/N-ethyl adjacent to an activating group) is 1. The molecule has 1 aliphatic heterocycles. The van der Waals surface area contributed by atoms with Crippen LogP contribution >= 0.6 is 12.2 Å². The molecular formula is C24H48N4O2S. The van der Waals surface area contributed by atoms with Crippen LogP contribution in [0.5, 0.6) is 5.75 Å². The number of amides is 1. The summed E-state index contributed by atoms with van der Waals surface area (Å²) in [6, 6.07) is 4.18. The van der Waals surface area contributed by atoms with Gasteiger partial charge in [0.1, 0.15) is 12.2 Å². The van der Waals surface area contributed by atoms with Crippen molar-refractivity contribution in [2.45, 2.75) is 68.7 Å². The van der Waals surface area contributed by atoms with Crippen molar-refractivity contribution < 1.29 is 8.98 Å². The number of anilines is 1. The van der Waals surface area contributed by atoms with Gasteiger partial charge in [-0.25, -0.2) is 5.14 Å². The van der Waals surface area contributed by atoms with E-state index in [1.807, 2.05) is 59.6 Å². The molecule has 1 aliphatic rings. The van der Waals surface area contributed by atoms with Crippen LogP contribution in [0.15, 0.2) is 12.1 Å². The van der Waals surface area contributed by atoms with Crippen molar-refractivity contribution in [1.82, 2.24) is 9.80 Å². The summed E-state index contributed by atoms with van der Waals surface area (Å²) in [5.41, 5.74) is 3.46. The molecule has 0 radical (unpaired) electrons. The molecule has 0 atom stereocenters. The summed E-state index contributed by atoms with van der Waals surface area (Å²) < 4.78 is 5.55. The first kappa shape index (κ1) is 31.7. The zero-order valence-electron chi connectivity index (χ0n) is 21.7. The first-order valence-corrected chi connectivity index (χ1v) is 12.6. The second-order valence-corrected chi connectivity index (χ2v) is 7.05. The molecular weight excluding hydrogens is 408 g/mol. The van der Waals surface area contributed by atoms with E-state index in [2.05, 4.69) is 36.6 Å². The number of nitrogens with zero attached hydrogens (tertiary/aromatic N) is 3. The van der Waals surface area contributed by atoms with Crippen LogP contribution in [0.25, 0.3) is 0 Å². The molecule has 31 heavy (non-hydrogen) atoms. The highest BCUT2D eigenvalue weighted by Gasteiger charge is 2.24. The van der Waals surface area contributed by atoms with Gasteiger partial charge >= 0.3 is 0 Å². The van der Waals surface area contributed by atoms with Crippen molar-refractivity contribution in [1.29, 1.82) is 0 Å². The number of carbonyl (C=O) groups excluding carboxylic acids is 1. The molecule has 7 heteroatoms. The molecule has 2 rings (SSSR count). The number of piperazine rings is 1. The molecule has 0 aromatic heterocycles. The predicted molar refractivity (Wildman–Crippen MR) is 139 cm³/mol. The molecule has 2 N–H and O–H groups in total. The van der Waals surface area contributed by atoms with Gasteiger partial charge in [0.15, 0.2) is 5.75 Å². The highest BCUT2D eigenvalue weighted by molar-refractivity contribution is 7.92. The van der Waals surface area contributed by atoms with Crippen molar-refractivity contribution in [3.63, 3.8) is 0 Å². The SMILES string of the molecule is CC.CC.CC.CCCN(C)CC(=O)N1CCN(c2cc(C)c(C)cc2OSN)CC1. The monoisotopic (exact) mass is 456 g/mol. The third kappa shape index (κ3) is 11.1. The molecule has 1 aromatic carbocycles. The van der Waals surface area contributed by atoms with Crippen LogP contribution in [-0.4, -0.2) is 62.0 Å². The molecule has 1 fully saturated rings. The van der Waals surface area contributed by atoms with Gasteiger partial charge in [0.05, 0.1) is 12.2 Å². The van der Waals surface area contributed by atoms with Crippen LogP contribution in [0.4, 0.5) is 5.69 Å². The van der Waals surface area contributed by atoms with Gasteiger partial charge in [-0.2, -0.15) is 0 Å². The van der Waals surface area contributed by atoms with Crippen LogP contribution in [0, 0.1) is 13.8 Å². The van der Waals surface area contributed by atoms with Gasteiger partial charge in [0, 0.05) is 26.2 Å². The lowest BCUT2D eigenvalue weighted by atomic mass is 10.1. The maximum absolute atomic E-state index is 12.4. The van der Waals surface area contributed by atoms with Crippen molar-refractivity contribution in [3.8, 4) is 5.75 Å². The largest absolute Gasteiger partial charge is 0.408 e. The molecule has 0 spiro atoms. The number of nitrogens with two attached hydrogens (primary N) is 1. The second-order valence-electron chi connectivity index (χ2n) is 6.69. The molecule has 1 amide bonds. The summed E-state index contributed by atoms with van der Waals surface area (Å²) in [6.45, 7) is 22.8. The molecule has 6 nitrogen and oxygen atoms in total. The lowest BCUT2D eigenvalue weighted by Gasteiger charge is -2.37. The van der Waals surface area contributed by atoms with E-state index < -0.39 is 0 Å². The summed E-state index contributed by atoms with van der Waals surface area (Å²) in [7, 11) is 2.00. The van der Waals surface area contributed by atoms with Crippen molar-refractivity contribution in [3.05, 3.63) is 23.3 Å². The normalized spacial score (nSPS) is 12.6. The Morgan fingerprint density at radius 1 is 1.03 bits per heavy atom. The van der Waals surface area contributed by atoms with Gasteiger partial charge in [-0.3, -0.25) is 9.69 Å². The second kappa shape index (κ2) is 19.3. The first-order chi connectivity index (χ1) is 15.0. The van der Waals surface area contributed by atoms with Crippen LogP contribution in [0.3, 0.4) is 0 Å². The van der Waals surface area contributed by atoms with Gasteiger partial charge in [-0.1, -0.05) is 48.5 Å². The van der Waals surface area contributed by atoms with E-state index in [0.29, 0.717) is 6.54 Å². The number of hydrogen-bond acceptors (Lipinski definition) is 6. The molecule has 182 valence electrons. The lowest BCUT2D eigenvalue weighted by molar-refractivity contribution is -0.132. The van der Waals surface area contributed by atoms with Crippen LogP contribution < -0.4 is 14.2 Å². The standard InChI is InChI=1S/C18H30N4O2S.3C2H6/c1-5-6-20(4)13-18(23)22-9-7-21(8-10-22)16-11-14(2)15(3)12-17(16)24-25-19;3*1-2/h11-12H,5-10,13,19H2,1-4H3;3*1-2H3. The van der Waals surface area contributed by atoms with E-state index in [9.17, 15) is 4.79 Å². The van der Waals surface area contributed by atoms with Gasteiger partial charge in [-0.05, 0) is 57.1 Å². The Bertz CT molecular complexity index is 591. The molecule has 1 saturated heterocycles. The summed E-state index contributed by atoms with van der Waals surface area (Å²) in [6.07, 6.45) is 1.06. The maximum atomic E-state index is 12.4. The van der Waals surface area contributed by atoms with Crippen LogP contribution in [0.2, 0.25) is 0 Å². The Morgan fingerprint density at radius 2 is 1.55 bits per heavy atom. The van der Waals surface area contributed by atoms with E-state index in [1.54, 1.807) is 0 Å². The van der Waals surface area contributed by atoms with Crippen molar-refractivity contribution >= 4 is 23.8 Å². The Hall–Kier alpha value is -1.44. The maximum Gasteiger partial charge on any atom is 0.236 e.